The molecule has 0 aliphatic heterocycles. The maximum Gasteiger partial charge on any atom is 0.250 e. The lowest BCUT2D eigenvalue weighted by Crippen LogP contribution is -2.33. The van der Waals surface area contributed by atoms with Gasteiger partial charge >= 0.3 is 0 Å². The summed E-state index contributed by atoms with van der Waals surface area (Å²) in [6, 6.07) is 3.18. The van der Waals surface area contributed by atoms with Crippen LogP contribution in [0.2, 0.25) is 0 Å². The lowest BCUT2D eigenvalue weighted by atomic mass is 10.3. The highest BCUT2D eigenvalue weighted by molar-refractivity contribution is 9.10. The molecular formula is C12H19BrClN3O2. The van der Waals surface area contributed by atoms with Gasteiger partial charge < -0.3 is 14.8 Å². The van der Waals surface area contributed by atoms with E-state index in [-0.39, 0.29) is 23.9 Å². The molecule has 0 radical (unpaired) electrons. The van der Waals surface area contributed by atoms with E-state index >= 15 is 0 Å². The summed E-state index contributed by atoms with van der Waals surface area (Å²) in [5, 5.41) is 2.99. The third-order valence-corrected chi connectivity index (χ3v) is 3.11. The summed E-state index contributed by atoms with van der Waals surface area (Å²) in [5.74, 6) is 0.0390. The fraction of sp³-hybridized carbons (Fsp3) is 0.500. The number of aryl methyl sites for hydroxylation is 1. The predicted octanol–water partition coefficient (Wildman–Crippen LogP) is 1.10. The molecule has 0 spiro atoms. The molecule has 0 fully saturated rings. The summed E-state index contributed by atoms with van der Waals surface area (Å²) >= 11 is 3.30. The van der Waals surface area contributed by atoms with Crippen molar-refractivity contribution in [3.05, 3.63) is 33.2 Å². The zero-order chi connectivity index (χ0) is 13.5. The number of halogens is 2. The summed E-state index contributed by atoms with van der Waals surface area (Å²) in [7, 11) is 3.61. The number of rotatable bonds is 6. The molecule has 7 heteroatoms. The smallest absolute Gasteiger partial charge is 0.250 e. The van der Waals surface area contributed by atoms with E-state index in [0.29, 0.717) is 19.5 Å². The first-order valence-corrected chi connectivity index (χ1v) is 6.58. The Labute approximate surface area is 127 Å². The molecule has 0 aromatic carbocycles. The van der Waals surface area contributed by atoms with E-state index in [1.807, 2.05) is 7.05 Å². The summed E-state index contributed by atoms with van der Waals surface area (Å²) in [4.78, 5) is 25.0. The van der Waals surface area contributed by atoms with Crippen LogP contribution in [0, 0.1) is 0 Å². The second-order valence-electron chi connectivity index (χ2n) is 4.05. The Bertz CT molecular complexity index is 465. The van der Waals surface area contributed by atoms with Gasteiger partial charge in [-0.05, 0) is 29.0 Å². The second kappa shape index (κ2) is 9.12. The van der Waals surface area contributed by atoms with Crippen molar-refractivity contribution in [2.24, 2.45) is 0 Å². The summed E-state index contributed by atoms with van der Waals surface area (Å²) in [6.45, 7) is 1.84. The van der Waals surface area contributed by atoms with Gasteiger partial charge in [0.1, 0.15) is 0 Å². The van der Waals surface area contributed by atoms with Gasteiger partial charge in [-0.1, -0.05) is 0 Å². The van der Waals surface area contributed by atoms with Gasteiger partial charge in [-0.25, -0.2) is 0 Å². The fourth-order valence-corrected chi connectivity index (χ4v) is 1.87. The van der Waals surface area contributed by atoms with Crippen LogP contribution in [0.1, 0.15) is 6.42 Å². The first-order valence-electron chi connectivity index (χ1n) is 5.79. The third-order valence-electron chi connectivity index (χ3n) is 2.64. The Morgan fingerprint density at radius 1 is 1.47 bits per heavy atom. The van der Waals surface area contributed by atoms with Crippen LogP contribution in [0.3, 0.4) is 0 Å². The van der Waals surface area contributed by atoms with E-state index in [4.69, 9.17) is 0 Å². The minimum atomic E-state index is -0.0936. The van der Waals surface area contributed by atoms with E-state index < -0.39 is 0 Å². The van der Waals surface area contributed by atoms with Crippen LogP contribution in [-0.2, 0) is 11.3 Å². The highest BCUT2D eigenvalue weighted by atomic mass is 79.9. The molecule has 1 amide bonds. The van der Waals surface area contributed by atoms with E-state index in [1.54, 1.807) is 24.2 Å². The Morgan fingerprint density at radius 3 is 2.79 bits per heavy atom. The molecule has 0 aliphatic carbocycles. The van der Waals surface area contributed by atoms with Gasteiger partial charge in [0, 0.05) is 49.8 Å². The number of carbonyl (C=O) groups excluding carboxylic acids is 1. The van der Waals surface area contributed by atoms with Crippen molar-refractivity contribution < 1.29 is 4.79 Å². The standard InChI is InChI=1S/C12H18BrN3O2.ClH/c1-14-6-8-15(2)11(17)5-7-16-9-10(13)3-4-12(16)18;/h3-4,9,14H,5-8H2,1-2H3;1H. The molecular weight excluding hydrogens is 334 g/mol. The maximum absolute atomic E-state index is 11.8. The Morgan fingerprint density at radius 2 is 2.16 bits per heavy atom. The first kappa shape index (κ1) is 18.1. The predicted molar refractivity (Wildman–Crippen MR) is 81.8 cm³/mol. The molecule has 0 unspecified atom stereocenters. The highest BCUT2D eigenvalue weighted by Gasteiger charge is 2.08. The van der Waals surface area contributed by atoms with Crippen molar-refractivity contribution >= 4 is 34.2 Å². The van der Waals surface area contributed by atoms with E-state index in [0.717, 1.165) is 11.0 Å². The Hall–Kier alpha value is -0.850. The van der Waals surface area contributed by atoms with Crippen LogP contribution in [0.25, 0.3) is 0 Å². The average Bonchev–Trinajstić information content (AvgIpc) is 2.36. The van der Waals surface area contributed by atoms with Crippen molar-refractivity contribution in [2.45, 2.75) is 13.0 Å². The number of carbonyl (C=O) groups is 1. The van der Waals surface area contributed by atoms with Crippen molar-refractivity contribution in [2.75, 3.05) is 27.2 Å². The molecule has 0 bridgehead atoms. The molecule has 19 heavy (non-hydrogen) atoms. The number of amides is 1. The van der Waals surface area contributed by atoms with E-state index in [1.165, 1.54) is 10.6 Å². The van der Waals surface area contributed by atoms with Crippen molar-refractivity contribution in [3.8, 4) is 0 Å². The van der Waals surface area contributed by atoms with Crippen LogP contribution in [0.4, 0.5) is 0 Å². The molecule has 0 saturated carbocycles. The molecule has 0 aliphatic rings. The topological polar surface area (TPSA) is 54.3 Å². The number of hydrogen-bond acceptors (Lipinski definition) is 3. The quantitative estimate of drug-likeness (QED) is 0.834. The van der Waals surface area contributed by atoms with Gasteiger partial charge in [-0.3, -0.25) is 9.59 Å². The number of likely N-dealkylation sites (N-methyl/N-ethyl adjacent to an activating group) is 2. The van der Waals surface area contributed by atoms with Crippen molar-refractivity contribution in [1.29, 1.82) is 0 Å². The third kappa shape index (κ3) is 6.22. The van der Waals surface area contributed by atoms with Gasteiger partial charge in [0.25, 0.3) is 5.56 Å². The first-order chi connectivity index (χ1) is 8.54. The van der Waals surface area contributed by atoms with Gasteiger partial charge in [-0.2, -0.15) is 0 Å². The average molecular weight is 353 g/mol. The second-order valence-corrected chi connectivity index (χ2v) is 4.96. The van der Waals surface area contributed by atoms with Crippen LogP contribution < -0.4 is 10.9 Å². The van der Waals surface area contributed by atoms with Crippen LogP contribution in [0.15, 0.2) is 27.6 Å². The van der Waals surface area contributed by atoms with Crippen molar-refractivity contribution in [3.63, 3.8) is 0 Å². The number of hydrogen-bond donors (Lipinski definition) is 1. The van der Waals surface area contributed by atoms with E-state index in [9.17, 15) is 9.59 Å². The number of nitrogens with one attached hydrogen (secondary N) is 1. The maximum atomic E-state index is 11.8. The summed E-state index contributed by atoms with van der Waals surface area (Å²) in [6.07, 6.45) is 2.03. The monoisotopic (exact) mass is 351 g/mol. The number of pyridine rings is 1. The zero-order valence-electron chi connectivity index (χ0n) is 11.1. The molecule has 1 rings (SSSR count). The van der Waals surface area contributed by atoms with Crippen LogP contribution in [0.5, 0.6) is 0 Å². The van der Waals surface area contributed by atoms with Gasteiger partial charge in [0.15, 0.2) is 0 Å². The van der Waals surface area contributed by atoms with Crippen molar-refractivity contribution in [1.82, 2.24) is 14.8 Å². The fourth-order valence-electron chi connectivity index (χ4n) is 1.49. The zero-order valence-corrected chi connectivity index (χ0v) is 13.5. The molecule has 1 aromatic heterocycles. The SMILES string of the molecule is CNCCN(C)C(=O)CCn1cc(Br)ccc1=O.Cl. The van der Waals surface area contributed by atoms with Crippen LogP contribution in [-0.4, -0.2) is 42.6 Å². The largest absolute Gasteiger partial charge is 0.344 e. The molecule has 1 heterocycles. The minimum Gasteiger partial charge on any atom is -0.344 e. The molecule has 0 atom stereocenters. The minimum absolute atomic E-state index is 0. The lowest BCUT2D eigenvalue weighted by Gasteiger charge is -2.17. The highest BCUT2D eigenvalue weighted by Crippen LogP contribution is 2.05. The van der Waals surface area contributed by atoms with E-state index in [2.05, 4.69) is 21.2 Å². The molecule has 1 aromatic rings. The van der Waals surface area contributed by atoms with Gasteiger partial charge in [0.2, 0.25) is 5.91 Å². The molecule has 1 N–H and O–H groups in total. The molecule has 108 valence electrons. The normalized spacial score (nSPS) is 9.84. The molecule has 0 saturated heterocycles. The Balaban J connectivity index is 0.00000324. The number of aromatic nitrogens is 1. The lowest BCUT2D eigenvalue weighted by molar-refractivity contribution is -0.130. The summed E-state index contributed by atoms with van der Waals surface area (Å²) in [5.41, 5.74) is -0.0936. The number of nitrogens with zero attached hydrogens (tertiary/aromatic N) is 2. The van der Waals surface area contributed by atoms with Crippen LogP contribution >= 0.6 is 28.3 Å². The molecule has 5 nitrogen and oxygen atoms in total. The van der Waals surface area contributed by atoms with Gasteiger partial charge in [0.05, 0.1) is 0 Å². The summed E-state index contributed by atoms with van der Waals surface area (Å²) < 4.78 is 2.37. The van der Waals surface area contributed by atoms with Gasteiger partial charge in [-0.15, -0.1) is 12.4 Å². The Kier molecular flexibility index (Phi) is 8.71.